The van der Waals surface area contributed by atoms with Gasteiger partial charge in [-0.25, -0.2) is 4.98 Å². The average molecular weight is 470 g/mol. The molecular formula is C19H27IN4O2. The third-order valence-electron chi connectivity index (χ3n) is 3.60. The Kier molecular flexibility index (Phi) is 11.4. The fourth-order valence-corrected chi connectivity index (χ4v) is 2.28. The Labute approximate surface area is 172 Å². The number of ether oxygens (including phenoxy) is 2. The molecule has 0 aliphatic heterocycles. The van der Waals surface area contributed by atoms with Crippen LogP contribution < -0.4 is 15.4 Å². The summed E-state index contributed by atoms with van der Waals surface area (Å²) in [5, 5.41) is 6.61. The number of halogens is 1. The van der Waals surface area contributed by atoms with Crippen molar-refractivity contribution in [2.45, 2.75) is 13.0 Å². The van der Waals surface area contributed by atoms with Crippen molar-refractivity contribution < 1.29 is 9.47 Å². The lowest BCUT2D eigenvalue weighted by Crippen LogP contribution is -2.38. The summed E-state index contributed by atoms with van der Waals surface area (Å²) < 4.78 is 10.6. The van der Waals surface area contributed by atoms with Gasteiger partial charge in [0.2, 0.25) is 5.88 Å². The zero-order chi connectivity index (χ0) is 17.7. The second-order valence-electron chi connectivity index (χ2n) is 5.40. The second-order valence-corrected chi connectivity index (χ2v) is 5.40. The van der Waals surface area contributed by atoms with Crippen LogP contribution in [-0.2, 0) is 17.7 Å². The van der Waals surface area contributed by atoms with Crippen LogP contribution in [0.5, 0.6) is 5.88 Å². The molecule has 0 saturated heterocycles. The summed E-state index contributed by atoms with van der Waals surface area (Å²) in [6.45, 7) is 2.41. The van der Waals surface area contributed by atoms with Crippen LogP contribution in [0.3, 0.4) is 0 Å². The minimum atomic E-state index is 0. The smallest absolute Gasteiger partial charge is 0.218 e. The van der Waals surface area contributed by atoms with Crippen molar-refractivity contribution in [1.82, 2.24) is 15.6 Å². The van der Waals surface area contributed by atoms with Crippen molar-refractivity contribution in [3.05, 3.63) is 59.8 Å². The molecule has 0 spiro atoms. The van der Waals surface area contributed by atoms with Gasteiger partial charge < -0.3 is 20.1 Å². The summed E-state index contributed by atoms with van der Waals surface area (Å²) in [6.07, 6.45) is 2.67. The van der Waals surface area contributed by atoms with E-state index >= 15 is 0 Å². The van der Waals surface area contributed by atoms with Crippen molar-refractivity contribution in [2.24, 2.45) is 4.99 Å². The highest BCUT2D eigenvalue weighted by Crippen LogP contribution is 2.13. The van der Waals surface area contributed by atoms with Crippen LogP contribution in [0.25, 0.3) is 0 Å². The third-order valence-corrected chi connectivity index (χ3v) is 3.60. The summed E-state index contributed by atoms with van der Waals surface area (Å²) in [7, 11) is 3.41. The molecule has 1 aromatic heterocycles. The van der Waals surface area contributed by atoms with E-state index in [-0.39, 0.29) is 24.0 Å². The molecule has 0 aliphatic rings. The predicted octanol–water partition coefficient (Wildman–Crippen LogP) is 2.63. The first kappa shape index (κ1) is 22.2. The van der Waals surface area contributed by atoms with E-state index in [0.717, 1.165) is 24.5 Å². The zero-order valence-corrected chi connectivity index (χ0v) is 17.6. The van der Waals surface area contributed by atoms with Crippen LogP contribution in [0.4, 0.5) is 0 Å². The molecule has 142 valence electrons. The highest BCUT2D eigenvalue weighted by Gasteiger charge is 2.06. The molecule has 0 atom stereocenters. The van der Waals surface area contributed by atoms with E-state index in [0.29, 0.717) is 25.6 Å². The normalized spacial score (nSPS) is 10.8. The maximum Gasteiger partial charge on any atom is 0.218 e. The molecule has 2 N–H and O–H groups in total. The van der Waals surface area contributed by atoms with Crippen LogP contribution in [-0.4, -0.2) is 44.9 Å². The summed E-state index contributed by atoms with van der Waals surface area (Å²) >= 11 is 0. The van der Waals surface area contributed by atoms with Gasteiger partial charge >= 0.3 is 0 Å². The molecule has 0 bridgehead atoms. The number of nitrogens with zero attached hydrogens (tertiary/aromatic N) is 2. The summed E-state index contributed by atoms with van der Waals surface area (Å²) in [6, 6.07) is 14.3. The highest BCUT2D eigenvalue weighted by molar-refractivity contribution is 14.0. The van der Waals surface area contributed by atoms with Crippen LogP contribution in [0.1, 0.15) is 11.1 Å². The second kappa shape index (κ2) is 13.3. The van der Waals surface area contributed by atoms with E-state index in [1.54, 1.807) is 20.4 Å². The van der Waals surface area contributed by atoms with Gasteiger partial charge in [-0.2, -0.15) is 0 Å². The third kappa shape index (κ3) is 8.01. The first-order valence-corrected chi connectivity index (χ1v) is 8.37. The zero-order valence-electron chi connectivity index (χ0n) is 15.3. The van der Waals surface area contributed by atoms with E-state index in [9.17, 15) is 0 Å². The molecule has 26 heavy (non-hydrogen) atoms. The number of hydrogen-bond donors (Lipinski definition) is 2. The van der Waals surface area contributed by atoms with Gasteiger partial charge in [0.1, 0.15) is 6.61 Å². The minimum Gasteiger partial charge on any atom is -0.475 e. The maximum absolute atomic E-state index is 5.65. The molecule has 0 aliphatic carbocycles. The Morgan fingerprint density at radius 3 is 2.62 bits per heavy atom. The van der Waals surface area contributed by atoms with Gasteiger partial charge in [-0.3, -0.25) is 4.99 Å². The Morgan fingerprint density at radius 1 is 1.08 bits per heavy atom. The number of pyridine rings is 1. The highest BCUT2D eigenvalue weighted by atomic mass is 127. The molecule has 0 amide bonds. The van der Waals surface area contributed by atoms with E-state index in [2.05, 4.69) is 44.9 Å². The van der Waals surface area contributed by atoms with Crippen molar-refractivity contribution in [3.63, 3.8) is 0 Å². The minimum absolute atomic E-state index is 0. The Balaban J connectivity index is 0.00000338. The van der Waals surface area contributed by atoms with Crippen molar-refractivity contribution >= 4 is 29.9 Å². The standard InChI is InChI=1S/C19H26N4O2.HI/c1-20-19(22-12-10-16-7-4-3-5-8-16)23-15-17-9-6-11-21-18(17)25-14-13-24-2;/h3-9,11H,10,12-15H2,1-2H3,(H2,20,22,23);1H. The number of rotatable bonds is 9. The van der Waals surface area contributed by atoms with Gasteiger partial charge in [-0.1, -0.05) is 36.4 Å². The van der Waals surface area contributed by atoms with Gasteiger partial charge in [0.05, 0.1) is 6.61 Å². The first-order valence-electron chi connectivity index (χ1n) is 8.37. The molecule has 2 rings (SSSR count). The predicted molar refractivity (Wildman–Crippen MR) is 115 cm³/mol. The van der Waals surface area contributed by atoms with Crippen LogP contribution in [0.2, 0.25) is 0 Å². The number of aromatic nitrogens is 1. The van der Waals surface area contributed by atoms with Gasteiger partial charge in [0.15, 0.2) is 5.96 Å². The molecule has 0 saturated carbocycles. The van der Waals surface area contributed by atoms with Gasteiger partial charge in [0, 0.05) is 39.0 Å². The average Bonchev–Trinajstić information content (AvgIpc) is 2.66. The fraction of sp³-hybridized carbons (Fsp3) is 0.368. The molecule has 6 nitrogen and oxygen atoms in total. The largest absolute Gasteiger partial charge is 0.475 e. The number of nitrogens with one attached hydrogen (secondary N) is 2. The van der Waals surface area contributed by atoms with Crippen LogP contribution >= 0.6 is 24.0 Å². The lowest BCUT2D eigenvalue weighted by molar-refractivity contribution is 0.143. The van der Waals surface area contributed by atoms with Gasteiger partial charge in [-0.15, -0.1) is 24.0 Å². The quantitative estimate of drug-likeness (QED) is 0.255. The van der Waals surface area contributed by atoms with E-state index in [1.165, 1.54) is 5.56 Å². The molecule has 1 aromatic carbocycles. The molecule has 7 heteroatoms. The maximum atomic E-state index is 5.65. The van der Waals surface area contributed by atoms with E-state index < -0.39 is 0 Å². The molecular weight excluding hydrogens is 443 g/mol. The van der Waals surface area contributed by atoms with Crippen LogP contribution in [0.15, 0.2) is 53.7 Å². The SMILES string of the molecule is CN=C(NCCc1ccccc1)NCc1cccnc1OCCOC.I. The van der Waals surface area contributed by atoms with Gasteiger partial charge in [-0.05, 0) is 18.1 Å². The topological polar surface area (TPSA) is 67.8 Å². The number of aliphatic imine (C=N–C) groups is 1. The Hall–Kier alpha value is -1.87. The van der Waals surface area contributed by atoms with Crippen molar-refractivity contribution in [3.8, 4) is 5.88 Å². The molecule has 0 fully saturated rings. The first-order chi connectivity index (χ1) is 12.3. The molecule has 1 heterocycles. The van der Waals surface area contributed by atoms with E-state index in [1.807, 2.05) is 18.2 Å². The molecule has 2 aromatic rings. The number of hydrogen-bond acceptors (Lipinski definition) is 4. The van der Waals surface area contributed by atoms with Crippen LogP contribution in [0, 0.1) is 0 Å². The lowest BCUT2D eigenvalue weighted by atomic mass is 10.1. The lowest BCUT2D eigenvalue weighted by Gasteiger charge is -2.14. The monoisotopic (exact) mass is 470 g/mol. The van der Waals surface area contributed by atoms with Gasteiger partial charge in [0.25, 0.3) is 0 Å². The fourth-order valence-electron chi connectivity index (χ4n) is 2.28. The summed E-state index contributed by atoms with van der Waals surface area (Å²) in [5.41, 5.74) is 2.27. The number of methoxy groups -OCH3 is 1. The summed E-state index contributed by atoms with van der Waals surface area (Å²) in [5.74, 6) is 1.37. The number of benzene rings is 1. The molecule has 0 radical (unpaired) electrons. The Bertz CT molecular complexity index is 653. The Morgan fingerprint density at radius 2 is 1.88 bits per heavy atom. The van der Waals surface area contributed by atoms with Crippen molar-refractivity contribution in [1.29, 1.82) is 0 Å². The van der Waals surface area contributed by atoms with E-state index in [4.69, 9.17) is 9.47 Å². The summed E-state index contributed by atoms with van der Waals surface area (Å²) in [4.78, 5) is 8.53. The molecule has 0 unspecified atom stereocenters. The number of guanidine groups is 1. The van der Waals surface area contributed by atoms with Crippen molar-refractivity contribution in [2.75, 3.05) is 33.9 Å².